The Morgan fingerprint density at radius 3 is 2.35 bits per heavy atom. The number of hydrogen-bond donors (Lipinski definition) is 4. The molecule has 2 rings (SSSR count). The Bertz CT molecular complexity index is 638. The highest BCUT2D eigenvalue weighted by atomic mass is 16.2. The monoisotopic (exact) mass is 358 g/mol. The van der Waals surface area contributed by atoms with Gasteiger partial charge in [0.15, 0.2) is 0 Å². The van der Waals surface area contributed by atoms with Crippen LogP contribution < -0.4 is 16.0 Å². The molecule has 4 N–H and O–H groups in total. The van der Waals surface area contributed by atoms with E-state index >= 15 is 0 Å². The van der Waals surface area contributed by atoms with Crippen LogP contribution in [0.2, 0.25) is 0 Å². The normalized spacial score (nSPS) is 15.8. The maximum absolute atomic E-state index is 12.1. The summed E-state index contributed by atoms with van der Waals surface area (Å²) < 4.78 is 0. The fourth-order valence-electron chi connectivity index (χ4n) is 3.14. The van der Waals surface area contributed by atoms with Crippen molar-refractivity contribution in [2.45, 2.75) is 57.5 Å². The smallest absolute Gasteiger partial charge is 0.236 e. The van der Waals surface area contributed by atoms with Crippen LogP contribution in [0.15, 0.2) is 24.3 Å². The summed E-state index contributed by atoms with van der Waals surface area (Å²) in [7, 11) is 1.59. The molecule has 1 aliphatic rings. The molecule has 0 heterocycles. The Morgan fingerprint density at radius 1 is 1.19 bits per heavy atom. The molecule has 0 aromatic heterocycles. The number of likely N-dealkylation sites (N-methyl/N-ethyl adjacent to an activating group) is 2. The van der Waals surface area contributed by atoms with Crippen LogP contribution in [0.4, 0.5) is 0 Å². The number of amides is 2. The lowest BCUT2D eigenvalue weighted by Crippen LogP contribution is -2.50. The Hall–Kier alpha value is -2.21. The average molecular weight is 358 g/mol. The van der Waals surface area contributed by atoms with Crippen molar-refractivity contribution in [3.05, 3.63) is 35.4 Å². The van der Waals surface area contributed by atoms with Crippen molar-refractivity contribution in [3.8, 4) is 0 Å². The van der Waals surface area contributed by atoms with E-state index < -0.39 is 12.1 Å². The van der Waals surface area contributed by atoms with Gasteiger partial charge in [0, 0.05) is 26.1 Å². The molecule has 142 valence electrons. The molecule has 2 atom stereocenters. The van der Waals surface area contributed by atoms with Crippen molar-refractivity contribution in [3.63, 3.8) is 0 Å². The van der Waals surface area contributed by atoms with Crippen molar-refractivity contribution in [1.82, 2.24) is 16.0 Å². The molecule has 1 fully saturated rings. The van der Waals surface area contributed by atoms with Crippen LogP contribution in [0.25, 0.3) is 0 Å². The van der Waals surface area contributed by atoms with E-state index in [0.717, 1.165) is 5.56 Å². The molecule has 1 aromatic rings. The second kappa shape index (κ2) is 9.48. The number of nitrogens with one attached hydrogen (secondary N) is 4. The lowest BCUT2D eigenvalue weighted by Gasteiger charge is -2.24. The molecule has 0 saturated heterocycles. The molecule has 0 spiro atoms. The first kappa shape index (κ1) is 20.1. The zero-order valence-corrected chi connectivity index (χ0v) is 15.9. The zero-order chi connectivity index (χ0) is 19.1. The third kappa shape index (κ3) is 5.95. The van der Waals surface area contributed by atoms with Crippen molar-refractivity contribution >= 4 is 17.5 Å². The maximum Gasteiger partial charge on any atom is 0.236 e. The largest absolute Gasteiger partial charge is 0.358 e. The van der Waals surface area contributed by atoms with Gasteiger partial charge in [0.1, 0.15) is 0 Å². The second-order valence-electron chi connectivity index (χ2n) is 6.93. The molecule has 0 aliphatic heterocycles. The van der Waals surface area contributed by atoms with E-state index in [1.807, 2.05) is 6.92 Å². The summed E-state index contributed by atoms with van der Waals surface area (Å²) in [4.78, 5) is 23.6. The minimum Gasteiger partial charge on any atom is -0.358 e. The highest BCUT2D eigenvalue weighted by Gasteiger charge is 2.26. The lowest BCUT2D eigenvalue weighted by molar-refractivity contribution is -0.123. The van der Waals surface area contributed by atoms with E-state index in [9.17, 15) is 9.59 Å². The van der Waals surface area contributed by atoms with Gasteiger partial charge in [-0.25, -0.2) is 0 Å². The van der Waals surface area contributed by atoms with E-state index in [1.165, 1.54) is 25.3 Å². The highest BCUT2D eigenvalue weighted by molar-refractivity contribution is 5.93. The number of hydrogen-bond acceptors (Lipinski definition) is 4. The fraction of sp³-hybridized carbons (Fsp3) is 0.550. The quantitative estimate of drug-likeness (QED) is 0.480. The summed E-state index contributed by atoms with van der Waals surface area (Å²) in [6, 6.07) is 7.48. The standard InChI is InChI=1S/C20H30N4O2/c1-4-23-19(20(26)22-3)12-18(24-13(2)25)17(21)11-14-5-7-15(8-6-14)16-9-10-16/h5-8,16,18-19,21,23H,4,9-12H2,1-3H3,(H,22,26)(H,24,25). The van der Waals surface area contributed by atoms with Crippen LogP contribution in [0, 0.1) is 5.41 Å². The lowest BCUT2D eigenvalue weighted by atomic mass is 9.96. The average Bonchev–Trinajstić information content (AvgIpc) is 3.45. The molecule has 26 heavy (non-hydrogen) atoms. The van der Waals surface area contributed by atoms with E-state index in [-0.39, 0.29) is 11.8 Å². The molecule has 0 bridgehead atoms. The van der Waals surface area contributed by atoms with Gasteiger partial charge in [-0.15, -0.1) is 0 Å². The predicted molar refractivity (Wildman–Crippen MR) is 104 cm³/mol. The van der Waals surface area contributed by atoms with Crippen molar-refractivity contribution < 1.29 is 9.59 Å². The molecule has 6 nitrogen and oxygen atoms in total. The molecular formula is C20H30N4O2. The molecule has 1 aromatic carbocycles. The highest BCUT2D eigenvalue weighted by Crippen LogP contribution is 2.39. The summed E-state index contributed by atoms with van der Waals surface area (Å²) in [6.07, 6.45) is 3.35. The van der Waals surface area contributed by atoms with Gasteiger partial charge in [-0.2, -0.15) is 0 Å². The van der Waals surface area contributed by atoms with Gasteiger partial charge in [0.05, 0.1) is 12.1 Å². The Labute approximate surface area is 155 Å². The number of rotatable bonds is 10. The maximum atomic E-state index is 12.1. The van der Waals surface area contributed by atoms with Gasteiger partial charge in [0.25, 0.3) is 0 Å². The second-order valence-corrected chi connectivity index (χ2v) is 6.93. The van der Waals surface area contributed by atoms with Crippen molar-refractivity contribution in [2.24, 2.45) is 0 Å². The summed E-state index contributed by atoms with van der Waals surface area (Å²) in [5, 5.41) is 17.1. The van der Waals surface area contributed by atoms with E-state index in [0.29, 0.717) is 31.0 Å². The van der Waals surface area contributed by atoms with Crippen LogP contribution in [-0.2, 0) is 16.0 Å². The van der Waals surface area contributed by atoms with Gasteiger partial charge in [-0.05, 0) is 42.9 Å². The van der Waals surface area contributed by atoms with Crippen LogP contribution in [0.1, 0.15) is 50.2 Å². The molecule has 6 heteroatoms. The Morgan fingerprint density at radius 2 is 1.85 bits per heavy atom. The number of benzene rings is 1. The molecule has 0 radical (unpaired) electrons. The number of carbonyl (C=O) groups is 2. The SMILES string of the molecule is CCNC(CC(NC(C)=O)C(=N)Cc1ccc(C2CC2)cc1)C(=O)NC. The first-order valence-corrected chi connectivity index (χ1v) is 9.32. The summed E-state index contributed by atoms with van der Waals surface area (Å²) in [5.41, 5.74) is 2.83. The van der Waals surface area contributed by atoms with Crippen molar-refractivity contribution in [1.29, 1.82) is 5.41 Å². The molecular weight excluding hydrogens is 328 g/mol. The van der Waals surface area contributed by atoms with Gasteiger partial charge in [-0.3, -0.25) is 9.59 Å². The Balaban J connectivity index is 2.04. The van der Waals surface area contributed by atoms with Crippen molar-refractivity contribution in [2.75, 3.05) is 13.6 Å². The zero-order valence-electron chi connectivity index (χ0n) is 15.9. The Kier molecular flexibility index (Phi) is 7.33. The van der Waals surface area contributed by atoms with Gasteiger partial charge < -0.3 is 21.4 Å². The third-order valence-corrected chi connectivity index (χ3v) is 4.71. The molecule has 2 unspecified atom stereocenters. The van der Waals surface area contributed by atoms with Gasteiger partial charge >= 0.3 is 0 Å². The molecule has 2 amide bonds. The van der Waals surface area contributed by atoms with Gasteiger partial charge in [0.2, 0.25) is 11.8 Å². The van der Waals surface area contributed by atoms with Crippen LogP contribution >= 0.6 is 0 Å². The third-order valence-electron chi connectivity index (χ3n) is 4.71. The minimum absolute atomic E-state index is 0.135. The molecule has 1 saturated carbocycles. The first-order chi connectivity index (χ1) is 12.4. The van der Waals surface area contributed by atoms with Crippen LogP contribution in [0.5, 0.6) is 0 Å². The minimum atomic E-state index is -0.475. The summed E-state index contributed by atoms with van der Waals surface area (Å²) in [6.45, 7) is 4.00. The van der Waals surface area contributed by atoms with Crippen LogP contribution in [0.3, 0.4) is 0 Å². The first-order valence-electron chi connectivity index (χ1n) is 9.32. The number of carbonyl (C=O) groups excluding carboxylic acids is 2. The van der Waals surface area contributed by atoms with E-state index in [2.05, 4.69) is 40.2 Å². The predicted octanol–water partition coefficient (Wildman–Crippen LogP) is 1.75. The van der Waals surface area contributed by atoms with Gasteiger partial charge in [-0.1, -0.05) is 31.2 Å². The summed E-state index contributed by atoms with van der Waals surface area (Å²) in [5.74, 6) is 0.379. The molecule has 1 aliphatic carbocycles. The fourth-order valence-corrected chi connectivity index (χ4v) is 3.14. The topological polar surface area (TPSA) is 94.1 Å². The van der Waals surface area contributed by atoms with Crippen LogP contribution in [-0.4, -0.2) is 43.2 Å². The summed E-state index contributed by atoms with van der Waals surface area (Å²) >= 11 is 0. The van der Waals surface area contributed by atoms with E-state index in [4.69, 9.17) is 5.41 Å². The van der Waals surface area contributed by atoms with E-state index in [1.54, 1.807) is 7.05 Å².